The smallest absolute Gasteiger partial charge is 0.144 e. The van der Waals surface area contributed by atoms with Gasteiger partial charge in [0, 0.05) is 6.04 Å². The second-order valence-electron chi connectivity index (χ2n) is 6.14. The van der Waals surface area contributed by atoms with Crippen molar-refractivity contribution in [2.45, 2.75) is 52.5 Å². The van der Waals surface area contributed by atoms with E-state index in [2.05, 4.69) is 26.1 Å². The average molecular weight is 262 g/mol. The van der Waals surface area contributed by atoms with Crippen LogP contribution >= 0.6 is 0 Å². The lowest BCUT2D eigenvalue weighted by atomic mass is 9.87. The van der Waals surface area contributed by atoms with Gasteiger partial charge in [-0.2, -0.15) is 0 Å². The van der Waals surface area contributed by atoms with E-state index in [1.54, 1.807) is 0 Å². The maximum atomic E-state index is 6.20. The van der Waals surface area contributed by atoms with Crippen molar-refractivity contribution in [3.63, 3.8) is 0 Å². The van der Waals surface area contributed by atoms with Crippen LogP contribution in [0, 0.1) is 5.41 Å². The molecule has 1 aromatic rings. The van der Waals surface area contributed by atoms with Crippen LogP contribution in [-0.4, -0.2) is 12.6 Å². The van der Waals surface area contributed by atoms with Crippen LogP contribution in [0.25, 0.3) is 0 Å². The van der Waals surface area contributed by atoms with Gasteiger partial charge < -0.3 is 15.8 Å². The van der Waals surface area contributed by atoms with Crippen LogP contribution < -0.4 is 15.8 Å². The van der Waals surface area contributed by atoms with E-state index in [-0.39, 0.29) is 0 Å². The third-order valence-electron chi connectivity index (χ3n) is 4.11. The molecule has 0 saturated heterocycles. The number of para-hydroxylation sites is 1. The molecule has 1 aromatic carbocycles. The van der Waals surface area contributed by atoms with Crippen molar-refractivity contribution in [2.75, 3.05) is 17.7 Å². The summed E-state index contributed by atoms with van der Waals surface area (Å²) in [6.45, 7) is 7.46. The standard InChI is InChI=1S/C16H26N2O/c1-4-11-19-13-8-5-7-12(15(13)17)18-14-9-6-10-16(14,2)3/h5,7-8,14,18H,4,6,9-11,17H2,1-3H3. The fourth-order valence-corrected chi connectivity index (χ4v) is 2.79. The van der Waals surface area contributed by atoms with Crippen LogP contribution in [0.15, 0.2) is 18.2 Å². The number of hydrogen-bond donors (Lipinski definition) is 2. The van der Waals surface area contributed by atoms with Gasteiger partial charge in [0.15, 0.2) is 0 Å². The topological polar surface area (TPSA) is 47.3 Å². The number of nitrogens with two attached hydrogens (primary N) is 1. The minimum absolute atomic E-state index is 0.340. The van der Waals surface area contributed by atoms with Gasteiger partial charge in [-0.15, -0.1) is 0 Å². The predicted octanol–water partition coefficient (Wildman–Crippen LogP) is 4.05. The van der Waals surface area contributed by atoms with Crippen LogP contribution in [0.4, 0.5) is 11.4 Å². The van der Waals surface area contributed by atoms with Crippen molar-refractivity contribution in [1.29, 1.82) is 0 Å². The highest BCUT2D eigenvalue weighted by Gasteiger charge is 2.34. The Kier molecular flexibility index (Phi) is 4.23. The lowest BCUT2D eigenvalue weighted by Gasteiger charge is -2.29. The Morgan fingerprint density at radius 2 is 2.21 bits per heavy atom. The first-order valence-corrected chi connectivity index (χ1v) is 7.32. The highest BCUT2D eigenvalue weighted by molar-refractivity contribution is 5.73. The molecule has 0 heterocycles. The lowest BCUT2D eigenvalue weighted by molar-refractivity contribution is 0.319. The molecular weight excluding hydrogens is 236 g/mol. The Balaban J connectivity index is 2.12. The minimum atomic E-state index is 0.340. The van der Waals surface area contributed by atoms with Gasteiger partial charge in [-0.1, -0.05) is 33.3 Å². The molecule has 19 heavy (non-hydrogen) atoms. The highest BCUT2D eigenvalue weighted by atomic mass is 16.5. The van der Waals surface area contributed by atoms with Gasteiger partial charge in [-0.25, -0.2) is 0 Å². The van der Waals surface area contributed by atoms with Gasteiger partial charge in [-0.3, -0.25) is 0 Å². The molecule has 0 aromatic heterocycles. The molecule has 3 nitrogen and oxygen atoms in total. The number of nitrogen functional groups attached to an aromatic ring is 1. The van der Waals surface area contributed by atoms with E-state index in [0.29, 0.717) is 18.1 Å². The minimum Gasteiger partial charge on any atom is -0.491 e. The third-order valence-corrected chi connectivity index (χ3v) is 4.11. The highest BCUT2D eigenvalue weighted by Crippen LogP contribution is 2.40. The summed E-state index contributed by atoms with van der Waals surface area (Å²) < 4.78 is 5.68. The molecule has 0 aliphatic heterocycles. The molecule has 0 bridgehead atoms. The predicted molar refractivity (Wildman–Crippen MR) is 81.7 cm³/mol. The number of anilines is 2. The van der Waals surface area contributed by atoms with Crippen molar-refractivity contribution < 1.29 is 4.74 Å². The molecule has 3 heteroatoms. The van der Waals surface area contributed by atoms with Crippen LogP contribution in [0.3, 0.4) is 0 Å². The van der Waals surface area contributed by atoms with Gasteiger partial charge in [0.2, 0.25) is 0 Å². The SMILES string of the molecule is CCCOc1cccc(NC2CCCC2(C)C)c1N. The summed E-state index contributed by atoms with van der Waals surface area (Å²) >= 11 is 0. The summed E-state index contributed by atoms with van der Waals surface area (Å²) in [4.78, 5) is 0. The largest absolute Gasteiger partial charge is 0.491 e. The van der Waals surface area contributed by atoms with E-state index in [9.17, 15) is 0 Å². The molecule has 0 spiro atoms. The van der Waals surface area contributed by atoms with E-state index >= 15 is 0 Å². The fraction of sp³-hybridized carbons (Fsp3) is 0.625. The van der Waals surface area contributed by atoms with Crippen LogP contribution in [0.1, 0.15) is 46.5 Å². The lowest BCUT2D eigenvalue weighted by Crippen LogP contribution is -2.31. The second kappa shape index (κ2) is 5.72. The zero-order valence-corrected chi connectivity index (χ0v) is 12.3. The Morgan fingerprint density at radius 1 is 1.42 bits per heavy atom. The maximum Gasteiger partial charge on any atom is 0.144 e. The molecule has 2 rings (SSSR count). The van der Waals surface area contributed by atoms with E-state index in [1.807, 2.05) is 18.2 Å². The summed E-state index contributed by atoms with van der Waals surface area (Å²) in [6, 6.07) is 6.49. The Labute approximate surface area is 116 Å². The monoisotopic (exact) mass is 262 g/mol. The van der Waals surface area contributed by atoms with Crippen molar-refractivity contribution in [2.24, 2.45) is 5.41 Å². The molecular formula is C16H26N2O. The van der Waals surface area contributed by atoms with Crippen LogP contribution in [0.2, 0.25) is 0 Å². The molecule has 1 fully saturated rings. The summed E-state index contributed by atoms with van der Waals surface area (Å²) in [5.41, 5.74) is 8.29. The Bertz CT molecular complexity index is 429. The molecule has 1 atom stereocenters. The van der Waals surface area contributed by atoms with Crippen molar-refractivity contribution in [1.82, 2.24) is 0 Å². The number of benzene rings is 1. The molecule has 1 aliphatic rings. The maximum absolute atomic E-state index is 6.20. The second-order valence-corrected chi connectivity index (χ2v) is 6.14. The van der Waals surface area contributed by atoms with Crippen LogP contribution in [-0.2, 0) is 0 Å². The zero-order valence-electron chi connectivity index (χ0n) is 12.3. The van der Waals surface area contributed by atoms with Gasteiger partial charge in [0.05, 0.1) is 18.0 Å². The van der Waals surface area contributed by atoms with Crippen molar-refractivity contribution in [3.8, 4) is 5.75 Å². The third kappa shape index (κ3) is 3.14. The van der Waals surface area contributed by atoms with Gasteiger partial charge in [0.1, 0.15) is 5.75 Å². The number of nitrogens with one attached hydrogen (secondary N) is 1. The molecule has 1 aliphatic carbocycles. The van der Waals surface area contributed by atoms with Crippen molar-refractivity contribution in [3.05, 3.63) is 18.2 Å². The molecule has 106 valence electrons. The first-order chi connectivity index (χ1) is 9.04. The number of hydrogen-bond acceptors (Lipinski definition) is 3. The quantitative estimate of drug-likeness (QED) is 0.787. The number of rotatable bonds is 5. The summed E-state index contributed by atoms with van der Waals surface area (Å²) in [5, 5.41) is 3.61. The first kappa shape index (κ1) is 14.0. The van der Waals surface area contributed by atoms with E-state index < -0.39 is 0 Å². The van der Waals surface area contributed by atoms with Crippen molar-refractivity contribution >= 4 is 11.4 Å². The summed E-state index contributed by atoms with van der Waals surface area (Å²) in [7, 11) is 0. The normalized spacial score (nSPS) is 21.3. The average Bonchev–Trinajstić information content (AvgIpc) is 2.70. The zero-order chi connectivity index (χ0) is 13.9. The molecule has 1 saturated carbocycles. The Morgan fingerprint density at radius 3 is 2.84 bits per heavy atom. The number of ether oxygens (including phenoxy) is 1. The molecule has 0 radical (unpaired) electrons. The van der Waals surface area contributed by atoms with Gasteiger partial charge in [-0.05, 0) is 36.8 Å². The van der Waals surface area contributed by atoms with E-state index in [0.717, 1.165) is 23.5 Å². The summed E-state index contributed by atoms with van der Waals surface area (Å²) in [5.74, 6) is 0.794. The fourth-order valence-electron chi connectivity index (χ4n) is 2.79. The molecule has 1 unspecified atom stereocenters. The Hall–Kier alpha value is -1.38. The first-order valence-electron chi connectivity index (χ1n) is 7.32. The van der Waals surface area contributed by atoms with Gasteiger partial charge in [0.25, 0.3) is 0 Å². The van der Waals surface area contributed by atoms with E-state index in [1.165, 1.54) is 19.3 Å². The van der Waals surface area contributed by atoms with Crippen LogP contribution in [0.5, 0.6) is 5.75 Å². The summed E-state index contributed by atoms with van der Waals surface area (Å²) in [6.07, 6.45) is 4.77. The molecule has 3 N–H and O–H groups in total. The van der Waals surface area contributed by atoms with E-state index in [4.69, 9.17) is 10.5 Å². The molecule has 0 amide bonds. The van der Waals surface area contributed by atoms with Gasteiger partial charge >= 0.3 is 0 Å².